The fraction of sp³-hybridized carbons (Fsp3) is 0.389. The molecule has 0 bridgehead atoms. The van der Waals surface area contributed by atoms with E-state index in [9.17, 15) is 4.79 Å². The quantitative estimate of drug-likeness (QED) is 0.811. The van der Waals surface area contributed by atoms with E-state index in [2.05, 4.69) is 34.8 Å². The van der Waals surface area contributed by atoms with Gasteiger partial charge in [-0.1, -0.05) is 0 Å². The summed E-state index contributed by atoms with van der Waals surface area (Å²) < 4.78 is 0. The highest BCUT2D eigenvalue weighted by Crippen LogP contribution is 2.39. The van der Waals surface area contributed by atoms with E-state index in [1.165, 1.54) is 20.9 Å². The zero-order valence-electron chi connectivity index (χ0n) is 14.4. The first kappa shape index (κ1) is 16.6. The summed E-state index contributed by atoms with van der Waals surface area (Å²) in [6.07, 6.45) is 5.60. The summed E-state index contributed by atoms with van der Waals surface area (Å²) >= 11 is 3.47. The number of carbonyl (C=O) groups excluding carboxylic acids is 1. The van der Waals surface area contributed by atoms with Crippen LogP contribution in [0.4, 0.5) is 5.95 Å². The Morgan fingerprint density at radius 3 is 2.56 bits per heavy atom. The van der Waals surface area contributed by atoms with Crippen molar-refractivity contribution in [3.05, 3.63) is 44.2 Å². The highest BCUT2D eigenvalue weighted by Gasteiger charge is 2.27. The molecule has 4 rings (SSSR count). The van der Waals surface area contributed by atoms with Gasteiger partial charge in [0.05, 0.1) is 4.91 Å². The van der Waals surface area contributed by atoms with Crippen LogP contribution in [0.15, 0.2) is 23.4 Å². The first-order valence-electron chi connectivity index (χ1n) is 8.38. The second kappa shape index (κ2) is 6.80. The van der Waals surface area contributed by atoms with Crippen molar-refractivity contribution in [1.29, 1.82) is 0 Å². The lowest BCUT2D eigenvalue weighted by Gasteiger charge is -2.35. The maximum atomic E-state index is 12.9. The Kier molecular flexibility index (Phi) is 4.52. The second-order valence-electron chi connectivity index (χ2n) is 6.25. The molecule has 1 saturated heterocycles. The SMILES string of the molecule is Cc1sc2c(c1C)CSC(C(=O)N1CCN(c3ncccn3)CC1)=C2. The average molecular weight is 373 g/mol. The summed E-state index contributed by atoms with van der Waals surface area (Å²) in [6, 6.07) is 1.82. The fourth-order valence-electron chi connectivity index (χ4n) is 3.15. The molecule has 4 heterocycles. The first-order valence-corrected chi connectivity index (χ1v) is 10.2. The molecule has 2 aromatic rings. The van der Waals surface area contributed by atoms with Crippen LogP contribution in [0.5, 0.6) is 0 Å². The molecule has 7 heteroatoms. The number of aromatic nitrogens is 2. The van der Waals surface area contributed by atoms with Gasteiger partial charge in [0.25, 0.3) is 5.91 Å². The smallest absolute Gasteiger partial charge is 0.260 e. The van der Waals surface area contributed by atoms with Crippen molar-refractivity contribution in [3.8, 4) is 0 Å². The van der Waals surface area contributed by atoms with Crippen molar-refractivity contribution in [3.63, 3.8) is 0 Å². The Morgan fingerprint density at radius 2 is 1.84 bits per heavy atom. The molecule has 0 radical (unpaired) electrons. The molecular formula is C18H20N4OS2. The van der Waals surface area contributed by atoms with Crippen LogP contribution < -0.4 is 4.90 Å². The van der Waals surface area contributed by atoms with E-state index in [0.29, 0.717) is 13.1 Å². The minimum Gasteiger partial charge on any atom is -0.337 e. The van der Waals surface area contributed by atoms with Gasteiger partial charge in [-0.05, 0) is 37.1 Å². The second-order valence-corrected chi connectivity index (χ2v) is 8.52. The number of hydrogen-bond donors (Lipinski definition) is 0. The highest BCUT2D eigenvalue weighted by atomic mass is 32.2. The normalized spacial score (nSPS) is 17.3. The van der Waals surface area contributed by atoms with E-state index in [1.807, 2.05) is 11.0 Å². The fourth-order valence-corrected chi connectivity index (χ4v) is 5.57. The number of thioether (sulfide) groups is 1. The third-order valence-electron chi connectivity index (χ3n) is 4.79. The highest BCUT2D eigenvalue weighted by molar-refractivity contribution is 8.03. The molecular weight excluding hydrogens is 352 g/mol. The topological polar surface area (TPSA) is 49.3 Å². The molecule has 5 nitrogen and oxygen atoms in total. The third-order valence-corrected chi connectivity index (χ3v) is 7.02. The van der Waals surface area contributed by atoms with Crippen molar-refractivity contribution in [2.45, 2.75) is 19.6 Å². The number of piperazine rings is 1. The standard InChI is InChI=1S/C18H20N4OS2/c1-12-13(2)25-15-10-16(24-11-14(12)15)17(23)21-6-8-22(9-7-21)18-19-4-3-5-20-18/h3-5,10H,6-9,11H2,1-2H3. The lowest BCUT2D eigenvalue weighted by Crippen LogP contribution is -2.49. The predicted molar refractivity (Wildman–Crippen MR) is 104 cm³/mol. The van der Waals surface area contributed by atoms with E-state index in [1.54, 1.807) is 35.5 Å². The van der Waals surface area contributed by atoms with Crippen LogP contribution in [-0.2, 0) is 10.5 Å². The number of carbonyl (C=O) groups is 1. The minimum atomic E-state index is 0.160. The van der Waals surface area contributed by atoms with Gasteiger partial charge in [0.1, 0.15) is 0 Å². The van der Waals surface area contributed by atoms with Crippen molar-refractivity contribution < 1.29 is 4.79 Å². The van der Waals surface area contributed by atoms with Crippen molar-refractivity contribution >= 4 is 41.0 Å². The molecule has 0 spiro atoms. The minimum absolute atomic E-state index is 0.160. The summed E-state index contributed by atoms with van der Waals surface area (Å²) in [4.78, 5) is 29.1. The van der Waals surface area contributed by atoms with E-state index in [-0.39, 0.29) is 5.91 Å². The van der Waals surface area contributed by atoms with E-state index < -0.39 is 0 Å². The monoisotopic (exact) mass is 372 g/mol. The summed E-state index contributed by atoms with van der Waals surface area (Å²) in [6.45, 7) is 7.31. The number of hydrogen-bond acceptors (Lipinski definition) is 6. The molecule has 0 saturated carbocycles. The van der Waals surface area contributed by atoms with Crippen LogP contribution in [0.25, 0.3) is 6.08 Å². The number of thiophene rings is 1. The van der Waals surface area contributed by atoms with Crippen molar-refractivity contribution in [2.24, 2.45) is 0 Å². The van der Waals surface area contributed by atoms with Crippen LogP contribution in [0.2, 0.25) is 0 Å². The molecule has 0 aromatic carbocycles. The Labute approximate surface area is 155 Å². The van der Waals surface area contributed by atoms with Crippen LogP contribution in [0, 0.1) is 13.8 Å². The third kappa shape index (κ3) is 3.18. The van der Waals surface area contributed by atoms with Gasteiger partial charge in [-0.15, -0.1) is 23.1 Å². The largest absolute Gasteiger partial charge is 0.337 e. The van der Waals surface area contributed by atoms with Gasteiger partial charge in [-0.25, -0.2) is 9.97 Å². The molecule has 1 fully saturated rings. The maximum Gasteiger partial charge on any atom is 0.260 e. The molecule has 0 unspecified atom stereocenters. The maximum absolute atomic E-state index is 12.9. The van der Waals surface area contributed by atoms with Crippen molar-refractivity contribution in [1.82, 2.24) is 14.9 Å². The summed E-state index contributed by atoms with van der Waals surface area (Å²) in [7, 11) is 0. The van der Waals surface area contributed by atoms with Gasteiger partial charge in [0, 0.05) is 54.1 Å². The molecule has 130 valence electrons. The summed E-state index contributed by atoms with van der Waals surface area (Å²) in [5.41, 5.74) is 2.78. The van der Waals surface area contributed by atoms with Crippen LogP contribution in [0.1, 0.15) is 20.9 Å². The zero-order valence-corrected chi connectivity index (χ0v) is 16.0. The van der Waals surface area contributed by atoms with Crippen LogP contribution >= 0.6 is 23.1 Å². The molecule has 1 amide bonds. The van der Waals surface area contributed by atoms with Crippen LogP contribution in [-0.4, -0.2) is 47.0 Å². The Hall–Kier alpha value is -1.86. The number of anilines is 1. The lowest BCUT2D eigenvalue weighted by molar-refractivity contribution is -0.126. The molecule has 2 aromatic heterocycles. The van der Waals surface area contributed by atoms with Crippen LogP contribution in [0.3, 0.4) is 0 Å². The van der Waals surface area contributed by atoms with Gasteiger partial charge < -0.3 is 9.80 Å². The molecule has 0 aliphatic carbocycles. The van der Waals surface area contributed by atoms with Crippen molar-refractivity contribution in [2.75, 3.05) is 31.1 Å². The van der Waals surface area contributed by atoms with Gasteiger partial charge in [-0.2, -0.15) is 0 Å². The van der Waals surface area contributed by atoms with Gasteiger partial charge in [0.15, 0.2) is 0 Å². The number of amides is 1. The molecule has 0 atom stereocenters. The number of nitrogens with zero attached hydrogens (tertiary/aromatic N) is 4. The van der Waals surface area contributed by atoms with E-state index in [4.69, 9.17) is 0 Å². The Bertz CT molecular complexity index is 823. The molecule has 2 aliphatic rings. The van der Waals surface area contributed by atoms with E-state index in [0.717, 1.165) is 29.7 Å². The summed E-state index contributed by atoms with van der Waals surface area (Å²) in [5.74, 6) is 1.81. The number of fused-ring (bicyclic) bond motifs is 1. The van der Waals surface area contributed by atoms with E-state index >= 15 is 0 Å². The van der Waals surface area contributed by atoms with Gasteiger partial charge in [-0.3, -0.25) is 4.79 Å². The molecule has 25 heavy (non-hydrogen) atoms. The molecule has 0 N–H and O–H groups in total. The number of rotatable bonds is 2. The average Bonchev–Trinajstić information content (AvgIpc) is 2.95. The zero-order chi connectivity index (χ0) is 17.4. The Morgan fingerprint density at radius 1 is 1.12 bits per heavy atom. The van der Waals surface area contributed by atoms with Gasteiger partial charge >= 0.3 is 0 Å². The summed E-state index contributed by atoms with van der Waals surface area (Å²) in [5, 5.41) is 0. The first-order chi connectivity index (χ1) is 12.1. The Balaban J connectivity index is 1.44. The molecule has 2 aliphatic heterocycles. The predicted octanol–water partition coefficient (Wildman–Crippen LogP) is 3.09. The lowest BCUT2D eigenvalue weighted by atomic mass is 10.1. The van der Waals surface area contributed by atoms with Gasteiger partial charge in [0.2, 0.25) is 5.95 Å². The number of aryl methyl sites for hydroxylation is 1.